The first-order valence-electron chi connectivity index (χ1n) is 6.37. The van der Waals surface area contributed by atoms with Crippen LogP contribution in [-0.4, -0.2) is 22.8 Å². The van der Waals surface area contributed by atoms with Crippen molar-refractivity contribution < 1.29 is 4.79 Å². The average Bonchev–Trinajstić information content (AvgIpc) is 2.91. The SMILES string of the molecule is CN(Cc1cccnc1)C(=O)c1cc2ccccc2s1. The molecular weight excluding hydrogens is 268 g/mol. The van der Waals surface area contributed by atoms with E-state index < -0.39 is 0 Å². The van der Waals surface area contributed by atoms with Gasteiger partial charge in [0.15, 0.2) is 0 Å². The number of fused-ring (bicyclic) bond motifs is 1. The van der Waals surface area contributed by atoms with Crippen molar-refractivity contribution in [2.45, 2.75) is 6.54 Å². The quantitative estimate of drug-likeness (QED) is 0.736. The summed E-state index contributed by atoms with van der Waals surface area (Å²) in [7, 11) is 1.82. The lowest BCUT2D eigenvalue weighted by Gasteiger charge is -2.15. The maximum Gasteiger partial charge on any atom is 0.264 e. The Morgan fingerprint density at radius 3 is 2.85 bits per heavy atom. The number of benzene rings is 1. The zero-order chi connectivity index (χ0) is 13.9. The molecule has 0 unspecified atom stereocenters. The number of pyridine rings is 1. The molecule has 0 spiro atoms. The van der Waals surface area contributed by atoms with Gasteiger partial charge < -0.3 is 4.90 Å². The second-order valence-electron chi connectivity index (χ2n) is 4.67. The first-order valence-corrected chi connectivity index (χ1v) is 7.18. The van der Waals surface area contributed by atoms with Gasteiger partial charge in [-0.1, -0.05) is 24.3 Å². The lowest BCUT2D eigenvalue weighted by atomic mass is 10.2. The fourth-order valence-electron chi connectivity index (χ4n) is 2.11. The Morgan fingerprint density at radius 2 is 2.10 bits per heavy atom. The summed E-state index contributed by atoms with van der Waals surface area (Å²) in [5, 5.41) is 1.12. The van der Waals surface area contributed by atoms with Gasteiger partial charge in [0.05, 0.1) is 4.88 Å². The van der Waals surface area contributed by atoms with E-state index in [-0.39, 0.29) is 5.91 Å². The highest BCUT2D eigenvalue weighted by atomic mass is 32.1. The molecule has 0 bridgehead atoms. The molecular formula is C16H14N2OS. The molecule has 2 aromatic heterocycles. The number of nitrogens with zero attached hydrogens (tertiary/aromatic N) is 2. The van der Waals surface area contributed by atoms with Crippen molar-refractivity contribution in [1.82, 2.24) is 9.88 Å². The van der Waals surface area contributed by atoms with E-state index in [1.807, 2.05) is 49.5 Å². The van der Waals surface area contributed by atoms with Gasteiger partial charge in [-0.3, -0.25) is 9.78 Å². The van der Waals surface area contributed by atoms with Gasteiger partial charge in [0.1, 0.15) is 0 Å². The summed E-state index contributed by atoms with van der Waals surface area (Å²) < 4.78 is 1.14. The molecule has 0 N–H and O–H groups in total. The number of carbonyl (C=O) groups is 1. The van der Waals surface area contributed by atoms with Crippen molar-refractivity contribution in [3.8, 4) is 0 Å². The van der Waals surface area contributed by atoms with Crippen molar-refractivity contribution in [3.05, 3.63) is 65.3 Å². The summed E-state index contributed by atoms with van der Waals surface area (Å²) in [4.78, 5) is 19.0. The molecule has 3 aromatic rings. The Hall–Kier alpha value is -2.20. The van der Waals surface area contributed by atoms with Crippen LogP contribution in [0.1, 0.15) is 15.2 Å². The number of carbonyl (C=O) groups excluding carboxylic acids is 1. The van der Waals surface area contributed by atoms with Crippen LogP contribution in [0.3, 0.4) is 0 Å². The van der Waals surface area contributed by atoms with Crippen LogP contribution in [0.5, 0.6) is 0 Å². The zero-order valence-corrected chi connectivity index (χ0v) is 11.9. The van der Waals surface area contributed by atoms with E-state index in [0.29, 0.717) is 6.54 Å². The third kappa shape index (κ3) is 2.56. The number of aromatic nitrogens is 1. The van der Waals surface area contributed by atoms with Crippen LogP contribution in [0.2, 0.25) is 0 Å². The lowest BCUT2D eigenvalue weighted by molar-refractivity contribution is 0.0790. The predicted octanol–water partition coefficient (Wildman–Crippen LogP) is 3.57. The molecule has 0 radical (unpaired) electrons. The highest BCUT2D eigenvalue weighted by Crippen LogP contribution is 2.26. The van der Waals surface area contributed by atoms with E-state index in [9.17, 15) is 4.79 Å². The molecule has 100 valence electrons. The number of amides is 1. The van der Waals surface area contributed by atoms with Crippen LogP contribution < -0.4 is 0 Å². The molecule has 0 fully saturated rings. The first-order chi connectivity index (χ1) is 9.74. The van der Waals surface area contributed by atoms with Gasteiger partial charge in [0, 0.05) is 30.7 Å². The maximum absolute atomic E-state index is 12.4. The number of hydrogen-bond donors (Lipinski definition) is 0. The smallest absolute Gasteiger partial charge is 0.264 e. The molecule has 4 heteroatoms. The predicted molar refractivity (Wildman–Crippen MR) is 81.9 cm³/mol. The van der Waals surface area contributed by atoms with Crippen LogP contribution in [-0.2, 0) is 6.54 Å². The second-order valence-corrected chi connectivity index (χ2v) is 5.75. The third-order valence-corrected chi connectivity index (χ3v) is 4.23. The van der Waals surface area contributed by atoms with Crippen molar-refractivity contribution in [3.63, 3.8) is 0 Å². The van der Waals surface area contributed by atoms with Gasteiger partial charge in [0.25, 0.3) is 5.91 Å². The van der Waals surface area contributed by atoms with E-state index >= 15 is 0 Å². The van der Waals surface area contributed by atoms with Crippen molar-refractivity contribution >= 4 is 27.3 Å². The summed E-state index contributed by atoms with van der Waals surface area (Å²) in [6.07, 6.45) is 3.52. The number of hydrogen-bond acceptors (Lipinski definition) is 3. The molecule has 3 nitrogen and oxygen atoms in total. The normalized spacial score (nSPS) is 10.7. The summed E-state index contributed by atoms with van der Waals surface area (Å²) in [6, 6.07) is 13.9. The molecule has 0 aliphatic carbocycles. The van der Waals surface area contributed by atoms with E-state index in [0.717, 1.165) is 20.5 Å². The summed E-state index contributed by atoms with van der Waals surface area (Å²) in [5.41, 5.74) is 1.03. The van der Waals surface area contributed by atoms with Crippen LogP contribution in [0.15, 0.2) is 54.9 Å². The Kier molecular flexibility index (Phi) is 3.48. The van der Waals surface area contributed by atoms with E-state index in [1.54, 1.807) is 17.3 Å². The molecule has 1 aromatic carbocycles. The molecule has 2 heterocycles. The summed E-state index contributed by atoms with van der Waals surface area (Å²) in [6.45, 7) is 0.570. The largest absolute Gasteiger partial charge is 0.337 e. The molecule has 0 saturated carbocycles. The monoisotopic (exact) mass is 282 g/mol. The minimum Gasteiger partial charge on any atom is -0.337 e. The number of rotatable bonds is 3. The molecule has 1 amide bonds. The van der Waals surface area contributed by atoms with Crippen LogP contribution in [0.25, 0.3) is 10.1 Å². The lowest BCUT2D eigenvalue weighted by Crippen LogP contribution is -2.25. The van der Waals surface area contributed by atoms with Crippen LogP contribution in [0, 0.1) is 0 Å². The fourth-order valence-corrected chi connectivity index (χ4v) is 3.17. The van der Waals surface area contributed by atoms with Gasteiger partial charge in [0.2, 0.25) is 0 Å². The summed E-state index contributed by atoms with van der Waals surface area (Å²) >= 11 is 1.54. The molecule has 3 rings (SSSR count). The third-order valence-electron chi connectivity index (χ3n) is 3.13. The minimum absolute atomic E-state index is 0.0510. The van der Waals surface area contributed by atoms with E-state index in [2.05, 4.69) is 4.98 Å². The van der Waals surface area contributed by atoms with Crippen molar-refractivity contribution in [2.24, 2.45) is 0 Å². The molecule has 20 heavy (non-hydrogen) atoms. The van der Waals surface area contributed by atoms with Crippen LogP contribution in [0.4, 0.5) is 0 Å². The zero-order valence-electron chi connectivity index (χ0n) is 11.1. The van der Waals surface area contributed by atoms with Gasteiger partial charge in [-0.05, 0) is 29.1 Å². The fraction of sp³-hybridized carbons (Fsp3) is 0.125. The number of thiophene rings is 1. The minimum atomic E-state index is 0.0510. The Morgan fingerprint density at radius 1 is 1.25 bits per heavy atom. The summed E-state index contributed by atoms with van der Waals surface area (Å²) in [5.74, 6) is 0.0510. The maximum atomic E-state index is 12.4. The molecule has 0 aliphatic rings. The van der Waals surface area contributed by atoms with Crippen LogP contribution >= 0.6 is 11.3 Å². The second kappa shape index (κ2) is 5.43. The highest BCUT2D eigenvalue weighted by Gasteiger charge is 2.15. The van der Waals surface area contributed by atoms with E-state index in [4.69, 9.17) is 0 Å². The molecule has 0 aliphatic heterocycles. The topological polar surface area (TPSA) is 33.2 Å². The van der Waals surface area contributed by atoms with Gasteiger partial charge >= 0.3 is 0 Å². The molecule has 0 saturated heterocycles. The Balaban J connectivity index is 1.81. The Labute approximate surface area is 121 Å². The van der Waals surface area contributed by atoms with E-state index in [1.165, 1.54) is 11.3 Å². The van der Waals surface area contributed by atoms with Gasteiger partial charge in [-0.25, -0.2) is 0 Å². The van der Waals surface area contributed by atoms with Crippen molar-refractivity contribution in [1.29, 1.82) is 0 Å². The van der Waals surface area contributed by atoms with Crippen molar-refractivity contribution in [2.75, 3.05) is 7.05 Å². The average molecular weight is 282 g/mol. The highest BCUT2D eigenvalue weighted by molar-refractivity contribution is 7.20. The molecule has 0 atom stereocenters. The van der Waals surface area contributed by atoms with Gasteiger partial charge in [-0.2, -0.15) is 0 Å². The van der Waals surface area contributed by atoms with Gasteiger partial charge in [-0.15, -0.1) is 11.3 Å². The Bertz CT molecular complexity index is 703. The first kappa shape index (κ1) is 12.8. The standard InChI is InChI=1S/C16H14N2OS/c1-18(11-12-5-4-8-17-10-12)16(19)15-9-13-6-2-3-7-14(13)20-15/h2-10H,11H2,1H3.